The van der Waals surface area contributed by atoms with Gasteiger partial charge in [0.2, 0.25) is 0 Å². The normalized spacial score (nSPS) is 14.0. The predicted octanol–water partition coefficient (Wildman–Crippen LogP) is 16.2. The minimum atomic E-state index is -0.990. The quantitative estimate of drug-likeness (QED) is 0.0925. The summed E-state index contributed by atoms with van der Waals surface area (Å²) in [5, 5.41) is 0.830. The van der Waals surface area contributed by atoms with Gasteiger partial charge in [0, 0.05) is 85.4 Å². The van der Waals surface area contributed by atoms with Crippen molar-refractivity contribution in [1.29, 1.82) is 0 Å². The molecule has 19 rings (SSSR count). The lowest BCUT2D eigenvalue weighted by Crippen LogP contribution is -2.65. The van der Waals surface area contributed by atoms with Crippen LogP contribution in [-0.2, 0) is 0 Å². The average Bonchev–Trinajstić information content (AvgIpc) is 1.02. The summed E-state index contributed by atoms with van der Waals surface area (Å²) in [6, 6.07) is 40.7. The van der Waals surface area contributed by atoms with E-state index in [1.165, 1.54) is 126 Å². The maximum atomic E-state index is 17.4. The minimum absolute atomic E-state index is 0.155. The fourth-order valence-corrected chi connectivity index (χ4v) is 18.9. The summed E-state index contributed by atoms with van der Waals surface area (Å²) in [6.07, 6.45) is 3.65. The SMILES string of the molecule is CSc1cc2c3c(c1)N(c1c(F)cccc1F)c1cc4c(cc1B3c1sc3ccc(F)cc3c1O2)B1c2cc3c(cc2N(c2c(F)cccc2F)c2cc(C)cc(c21)O4)N(c1c(F)cccc1F)c1cc(SC)cc2c1B3c1sc3ccc(F)cc3c1N2c1c(F)cccc1F. The zero-order valence-corrected chi connectivity index (χ0v) is 53.2. The first kappa shape index (κ1) is 57.8. The summed E-state index contributed by atoms with van der Waals surface area (Å²) in [5.74, 6) is -7.39. The van der Waals surface area contributed by atoms with Crippen molar-refractivity contribution in [2.24, 2.45) is 0 Å². The molecule has 0 N–H and O–H groups in total. The Kier molecular flexibility index (Phi) is 12.4. The first-order valence-electron chi connectivity index (χ1n) is 30.3. The van der Waals surface area contributed by atoms with Gasteiger partial charge in [-0.3, -0.25) is 0 Å². The molecule has 0 bridgehead atoms. The second-order valence-electron chi connectivity index (χ2n) is 24.3. The van der Waals surface area contributed by atoms with Gasteiger partial charge in [-0.25, -0.2) is 43.9 Å². The molecule has 2 aromatic heterocycles. The third kappa shape index (κ3) is 7.90. The van der Waals surface area contributed by atoms with Crippen molar-refractivity contribution in [3.05, 3.63) is 234 Å². The number of halogens is 10. The second-order valence-corrected chi connectivity index (χ2v) is 28.2. The van der Waals surface area contributed by atoms with E-state index in [1.807, 2.05) is 30.5 Å². The van der Waals surface area contributed by atoms with Gasteiger partial charge in [-0.05, 0) is 191 Å². The molecule has 6 aliphatic rings. The second kappa shape index (κ2) is 20.7. The van der Waals surface area contributed by atoms with Gasteiger partial charge < -0.3 is 29.1 Å². The fraction of sp³-hybridized carbons (Fsp3) is 0.0411. The third-order valence-electron chi connectivity index (χ3n) is 19.2. The molecule has 6 nitrogen and oxygen atoms in total. The number of anilines is 12. The first-order chi connectivity index (χ1) is 46.5. The lowest BCUT2D eigenvalue weighted by Gasteiger charge is -2.46. The third-order valence-corrected chi connectivity index (χ3v) is 23.0. The molecule has 8 heterocycles. The van der Waals surface area contributed by atoms with Crippen molar-refractivity contribution >= 4 is 203 Å². The van der Waals surface area contributed by atoms with E-state index in [0.717, 1.165) is 36.4 Å². The number of nitrogens with zero attached hydrogens (tertiary/aromatic N) is 4. The summed E-state index contributed by atoms with van der Waals surface area (Å²) < 4.78 is 185. The maximum absolute atomic E-state index is 17.4. The molecule has 0 saturated heterocycles. The van der Waals surface area contributed by atoms with E-state index in [9.17, 15) is 0 Å². The summed E-state index contributed by atoms with van der Waals surface area (Å²) >= 11 is 5.28. The van der Waals surface area contributed by atoms with Crippen molar-refractivity contribution in [2.45, 2.75) is 16.7 Å². The molecule has 23 heteroatoms. The van der Waals surface area contributed by atoms with E-state index in [2.05, 4.69) is 0 Å². The minimum Gasteiger partial charge on any atom is -0.458 e. The zero-order valence-electron chi connectivity index (χ0n) is 49.9. The van der Waals surface area contributed by atoms with Gasteiger partial charge in [-0.1, -0.05) is 36.4 Å². The number of aryl methyl sites for hydroxylation is 1. The van der Waals surface area contributed by atoms with Crippen LogP contribution in [0.15, 0.2) is 180 Å². The molecule has 13 aromatic rings. The van der Waals surface area contributed by atoms with E-state index in [-0.39, 0.29) is 51.3 Å². The number of thiophene rings is 2. The van der Waals surface area contributed by atoms with Gasteiger partial charge in [0.25, 0.3) is 20.1 Å². The fourth-order valence-electron chi connectivity index (χ4n) is 15.5. The predicted molar refractivity (Wildman–Crippen MR) is 371 cm³/mol. The Morgan fingerprint density at radius 2 is 0.760 bits per heavy atom. The highest BCUT2D eigenvalue weighted by Gasteiger charge is 2.53. The highest BCUT2D eigenvalue weighted by Crippen LogP contribution is 2.54. The molecule has 0 aliphatic carbocycles. The van der Waals surface area contributed by atoms with Crippen LogP contribution in [0.1, 0.15) is 5.56 Å². The van der Waals surface area contributed by atoms with Crippen LogP contribution in [0, 0.1) is 65.1 Å². The van der Waals surface area contributed by atoms with E-state index in [4.69, 9.17) is 9.47 Å². The van der Waals surface area contributed by atoms with Crippen molar-refractivity contribution in [3.63, 3.8) is 0 Å². The maximum Gasteiger partial charge on any atom is 0.268 e. The van der Waals surface area contributed by atoms with E-state index >= 15 is 43.9 Å². The molecule has 0 saturated carbocycles. The van der Waals surface area contributed by atoms with E-state index in [0.29, 0.717) is 106 Å². The largest absolute Gasteiger partial charge is 0.458 e. The zero-order chi connectivity index (χ0) is 65.3. The van der Waals surface area contributed by atoms with Crippen LogP contribution in [0.3, 0.4) is 0 Å². The highest BCUT2D eigenvalue weighted by atomic mass is 32.2. The van der Waals surface area contributed by atoms with Gasteiger partial charge >= 0.3 is 0 Å². The molecule has 464 valence electrons. The molecule has 6 aliphatic heterocycles. The number of ether oxygens (including phenoxy) is 2. The summed E-state index contributed by atoms with van der Waals surface area (Å²) in [5.41, 5.74) is 3.89. The molecular formula is C73H37B3F10N4O2S4. The number of thioether (sulfide) groups is 2. The Morgan fingerprint density at radius 3 is 1.31 bits per heavy atom. The Bertz CT molecular complexity index is 5660. The van der Waals surface area contributed by atoms with Crippen LogP contribution in [0.4, 0.5) is 112 Å². The standard InChI is InChI=1S/C73H37B3F10N4O2S4/c1-32-20-54-64-59(21-32)91-58-31-53-41(76-65-57(89(53)69-47(83)12-6-13-48(69)84)26-36(94-3)27-60(65)92-71-38-23-34(78)17-19-62(38)96-73(71)76)29-42(58)74(64)39-28-40-52(30-51(39)87(54)67-43(79)8-4-9-44(67)80)88(68-45(81)10-5-11-46(68)82)55-24-35(93-2)25-56-63(55)75(40)72-66(37-22-33(77)16-18-61(37)95-72)90(56)70-49(85)14-7-15-50(70)86/h4-31H,1-3H3. The molecule has 96 heavy (non-hydrogen) atoms. The number of para-hydroxylation sites is 4. The Morgan fingerprint density at radius 1 is 0.344 bits per heavy atom. The van der Waals surface area contributed by atoms with Gasteiger partial charge in [0.15, 0.2) is 0 Å². The summed E-state index contributed by atoms with van der Waals surface area (Å²) in [4.78, 5) is 7.03. The van der Waals surface area contributed by atoms with Crippen molar-refractivity contribution in [2.75, 3.05) is 32.1 Å². The highest BCUT2D eigenvalue weighted by molar-refractivity contribution is 7.98. The topological polar surface area (TPSA) is 31.4 Å². The van der Waals surface area contributed by atoms with Crippen molar-refractivity contribution < 1.29 is 53.4 Å². The van der Waals surface area contributed by atoms with E-state index < -0.39 is 95.4 Å². The number of hydrogen-bond acceptors (Lipinski definition) is 10. The molecule has 0 spiro atoms. The van der Waals surface area contributed by atoms with Crippen LogP contribution < -0.4 is 76.9 Å². The van der Waals surface area contributed by atoms with E-state index in [1.54, 1.807) is 61.7 Å². The number of benzene rings is 11. The summed E-state index contributed by atoms with van der Waals surface area (Å²) in [6.45, 7) is -0.915. The van der Waals surface area contributed by atoms with Gasteiger partial charge in [-0.15, -0.1) is 46.2 Å². The number of hydrogen-bond donors (Lipinski definition) is 0. The lowest BCUT2D eigenvalue weighted by atomic mass is 9.30. The van der Waals surface area contributed by atoms with Gasteiger partial charge in [0.1, 0.15) is 104 Å². The van der Waals surface area contributed by atoms with Crippen LogP contribution in [-0.4, -0.2) is 32.6 Å². The van der Waals surface area contributed by atoms with Crippen LogP contribution in [0.25, 0.3) is 20.2 Å². The molecule has 11 aromatic carbocycles. The number of rotatable bonds is 6. The molecular weight excluding hydrogens is 1320 g/mol. The summed E-state index contributed by atoms with van der Waals surface area (Å²) in [7, 11) is 0. The Balaban J connectivity index is 0.954. The smallest absolute Gasteiger partial charge is 0.268 e. The molecule has 0 amide bonds. The monoisotopic (exact) mass is 1350 g/mol. The Labute approximate surface area is 557 Å². The number of fused-ring (bicyclic) bond motifs is 16. The van der Waals surface area contributed by atoms with Crippen molar-refractivity contribution in [3.8, 4) is 23.0 Å². The van der Waals surface area contributed by atoms with Crippen LogP contribution in [0.2, 0.25) is 0 Å². The van der Waals surface area contributed by atoms with Gasteiger partial charge in [0.05, 0.1) is 5.69 Å². The molecule has 0 fully saturated rings. The first-order valence-corrected chi connectivity index (χ1v) is 34.3. The van der Waals surface area contributed by atoms with Crippen molar-refractivity contribution in [1.82, 2.24) is 0 Å². The molecule has 0 unspecified atom stereocenters. The van der Waals surface area contributed by atoms with Crippen LogP contribution in [0.5, 0.6) is 23.0 Å². The van der Waals surface area contributed by atoms with Crippen LogP contribution >= 0.6 is 46.2 Å². The Hall–Kier alpha value is -9.67. The molecule has 0 radical (unpaired) electrons. The lowest BCUT2D eigenvalue weighted by molar-refractivity contribution is 0.487. The molecule has 0 atom stereocenters. The average molecular weight is 1350 g/mol. The van der Waals surface area contributed by atoms with Gasteiger partial charge in [-0.2, -0.15) is 0 Å².